The Labute approximate surface area is 87.2 Å². The van der Waals surface area contributed by atoms with Crippen LogP contribution in [0.4, 0.5) is 0 Å². The third-order valence-electron chi connectivity index (χ3n) is 1.17. The summed E-state index contributed by atoms with van der Waals surface area (Å²) >= 11 is 1.71. The molecule has 0 aliphatic rings. The van der Waals surface area contributed by atoms with Gasteiger partial charge in [-0.3, -0.25) is 0 Å². The van der Waals surface area contributed by atoms with Crippen molar-refractivity contribution in [1.82, 2.24) is 0 Å². The molecular weight excluding hydrogens is 192 g/mol. The molecule has 0 rings (SSSR count). The van der Waals surface area contributed by atoms with E-state index in [0.717, 1.165) is 0 Å². The molecule has 0 N–H and O–H groups in total. The molecule has 0 bridgehead atoms. The molecule has 0 saturated heterocycles. The van der Waals surface area contributed by atoms with Crippen molar-refractivity contribution in [3.8, 4) is 23.3 Å². The lowest BCUT2D eigenvalue weighted by Crippen LogP contribution is -2.16. The van der Waals surface area contributed by atoms with Gasteiger partial charge in [0.2, 0.25) is 0 Å². The summed E-state index contributed by atoms with van der Waals surface area (Å²) in [5.74, 6) is 8.67. The molecule has 2 heteroatoms. The van der Waals surface area contributed by atoms with Crippen LogP contribution in [-0.4, -0.2) is 14.3 Å². The van der Waals surface area contributed by atoms with Gasteiger partial charge in [0.1, 0.15) is 8.07 Å². The van der Waals surface area contributed by atoms with Crippen molar-refractivity contribution in [2.75, 3.05) is 6.26 Å². The number of rotatable bonds is 1. The summed E-state index contributed by atoms with van der Waals surface area (Å²) in [6.07, 6.45) is 3.95. The van der Waals surface area contributed by atoms with E-state index in [2.05, 4.69) is 42.9 Å². The Hall–Kier alpha value is -0.573. The van der Waals surface area contributed by atoms with Crippen molar-refractivity contribution in [1.29, 1.82) is 0 Å². The zero-order valence-electron chi connectivity index (χ0n) is 8.99. The highest BCUT2D eigenvalue weighted by atomic mass is 32.2. The van der Waals surface area contributed by atoms with Crippen molar-refractivity contribution in [2.24, 2.45) is 0 Å². The van der Waals surface area contributed by atoms with E-state index < -0.39 is 8.07 Å². The predicted octanol–water partition coefficient (Wildman–Crippen LogP) is 3.14. The van der Waals surface area contributed by atoms with E-state index in [9.17, 15) is 0 Å². The quantitative estimate of drug-likeness (QED) is 0.471. The molecule has 0 saturated carbocycles. The Balaban J connectivity index is 4.21. The summed E-state index contributed by atoms with van der Waals surface area (Å²) in [7, 11) is -1.23. The highest BCUT2D eigenvalue weighted by molar-refractivity contribution is 8.02. The maximum absolute atomic E-state index is 3.19. The zero-order chi connectivity index (χ0) is 10.3. The van der Waals surface area contributed by atoms with E-state index in [1.165, 1.54) is 4.91 Å². The lowest BCUT2D eigenvalue weighted by atomic mass is 10.5. The van der Waals surface area contributed by atoms with Crippen LogP contribution in [0.3, 0.4) is 0 Å². The zero-order valence-corrected chi connectivity index (χ0v) is 10.8. The molecule has 0 spiro atoms. The van der Waals surface area contributed by atoms with E-state index in [1.54, 1.807) is 11.8 Å². The van der Waals surface area contributed by atoms with Gasteiger partial charge >= 0.3 is 0 Å². The number of hydrogen-bond donors (Lipinski definition) is 0. The van der Waals surface area contributed by atoms with Crippen molar-refractivity contribution in [3.05, 3.63) is 11.0 Å². The van der Waals surface area contributed by atoms with Crippen LogP contribution in [0.2, 0.25) is 19.6 Å². The molecular formula is C11H16SSi. The van der Waals surface area contributed by atoms with Crippen LogP contribution in [0.1, 0.15) is 6.92 Å². The van der Waals surface area contributed by atoms with Crippen LogP contribution in [0.25, 0.3) is 0 Å². The Bertz CT molecular complexity index is 299. The molecule has 0 unspecified atom stereocenters. The van der Waals surface area contributed by atoms with Crippen LogP contribution >= 0.6 is 11.8 Å². The summed E-state index contributed by atoms with van der Waals surface area (Å²) in [6.45, 7) is 8.69. The summed E-state index contributed by atoms with van der Waals surface area (Å²) < 4.78 is 0. The van der Waals surface area contributed by atoms with Gasteiger partial charge in [0.25, 0.3) is 0 Å². The Morgan fingerprint density at radius 2 is 1.85 bits per heavy atom. The molecule has 0 aliphatic carbocycles. The monoisotopic (exact) mass is 208 g/mol. The molecule has 0 aliphatic heterocycles. The van der Waals surface area contributed by atoms with Gasteiger partial charge in [-0.1, -0.05) is 25.6 Å². The van der Waals surface area contributed by atoms with Gasteiger partial charge in [-0.2, -0.15) is 0 Å². The van der Waals surface area contributed by atoms with Crippen LogP contribution < -0.4 is 0 Å². The standard InChI is InChI=1S/C11H16SSi/c1-11(12-2)9-7-6-8-10-13(3,4)5/h9H,1-5H3/b11-9-. The van der Waals surface area contributed by atoms with Gasteiger partial charge in [-0.05, 0) is 36.0 Å². The van der Waals surface area contributed by atoms with Gasteiger partial charge in [-0.25, -0.2) is 0 Å². The van der Waals surface area contributed by atoms with Crippen LogP contribution in [0.5, 0.6) is 0 Å². The molecule has 0 fully saturated rings. The summed E-state index contributed by atoms with van der Waals surface area (Å²) in [5.41, 5.74) is 3.19. The molecule has 0 amide bonds. The molecule has 0 heterocycles. The second kappa shape index (κ2) is 5.97. The largest absolute Gasteiger partial charge is 0.134 e. The van der Waals surface area contributed by atoms with Gasteiger partial charge in [0, 0.05) is 0 Å². The lowest BCUT2D eigenvalue weighted by molar-refractivity contribution is 1.70. The Morgan fingerprint density at radius 3 is 2.31 bits per heavy atom. The summed E-state index contributed by atoms with van der Waals surface area (Å²) in [5, 5.41) is 0. The summed E-state index contributed by atoms with van der Waals surface area (Å²) in [4.78, 5) is 1.22. The van der Waals surface area contributed by atoms with Crippen LogP contribution in [0, 0.1) is 23.3 Å². The molecule has 0 atom stereocenters. The van der Waals surface area contributed by atoms with Crippen molar-refractivity contribution in [2.45, 2.75) is 26.6 Å². The molecule has 70 valence electrons. The third kappa shape index (κ3) is 9.34. The predicted molar refractivity (Wildman–Crippen MR) is 66.2 cm³/mol. The highest BCUT2D eigenvalue weighted by Gasteiger charge is 2.06. The van der Waals surface area contributed by atoms with Gasteiger partial charge in [0.15, 0.2) is 0 Å². The lowest BCUT2D eigenvalue weighted by Gasteiger charge is -2.01. The summed E-state index contributed by atoms with van der Waals surface area (Å²) in [6, 6.07) is 0. The first kappa shape index (κ1) is 12.4. The first-order valence-electron chi connectivity index (χ1n) is 4.19. The van der Waals surface area contributed by atoms with Crippen molar-refractivity contribution < 1.29 is 0 Å². The average molecular weight is 208 g/mol. The molecule has 0 aromatic heterocycles. The fourth-order valence-corrected chi connectivity index (χ4v) is 1.07. The smallest absolute Gasteiger partial charge is 0.130 e. The maximum atomic E-state index is 3.19. The minimum Gasteiger partial charge on any atom is -0.134 e. The van der Waals surface area contributed by atoms with Gasteiger partial charge in [-0.15, -0.1) is 17.3 Å². The van der Waals surface area contributed by atoms with E-state index >= 15 is 0 Å². The van der Waals surface area contributed by atoms with Gasteiger partial charge in [0.05, 0.1) is 0 Å². The number of thioether (sulfide) groups is 1. The normalized spacial score (nSPS) is 11.0. The number of allylic oxidation sites excluding steroid dienone is 2. The maximum Gasteiger partial charge on any atom is 0.130 e. The fourth-order valence-electron chi connectivity index (χ4n) is 0.451. The minimum absolute atomic E-state index is 1.22. The van der Waals surface area contributed by atoms with Crippen molar-refractivity contribution in [3.63, 3.8) is 0 Å². The van der Waals surface area contributed by atoms with E-state index in [0.29, 0.717) is 0 Å². The highest BCUT2D eigenvalue weighted by Crippen LogP contribution is 2.07. The first-order valence-corrected chi connectivity index (χ1v) is 8.91. The van der Waals surface area contributed by atoms with E-state index in [-0.39, 0.29) is 0 Å². The molecule has 0 aromatic rings. The van der Waals surface area contributed by atoms with Crippen LogP contribution in [0.15, 0.2) is 11.0 Å². The van der Waals surface area contributed by atoms with E-state index in [1.807, 2.05) is 19.3 Å². The van der Waals surface area contributed by atoms with E-state index in [4.69, 9.17) is 0 Å². The minimum atomic E-state index is -1.23. The molecule has 0 nitrogen and oxygen atoms in total. The Morgan fingerprint density at radius 1 is 1.23 bits per heavy atom. The number of hydrogen-bond acceptors (Lipinski definition) is 1. The topological polar surface area (TPSA) is 0 Å². The first-order chi connectivity index (χ1) is 5.95. The average Bonchev–Trinajstić information content (AvgIpc) is 2.01. The second-order valence-corrected chi connectivity index (χ2v) is 9.53. The molecule has 0 radical (unpaired) electrons. The second-order valence-electron chi connectivity index (χ2n) is 3.73. The molecule has 0 aromatic carbocycles. The Kier molecular flexibility index (Phi) is 5.71. The van der Waals surface area contributed by atoms with Crippen molar-refractivity contribution >= 4 is 19.8 Å². The SMILES string of the molecule is CS/C(C)=C\C#CC#C[Si](C)(C)C. The third-order valence-corrected chi connectivity index (χ3v) is 2.81. The molecule has 13 heavy (non-hydrogen) atoms. The fraction of sp³-hybridized carbons (Fsp3) is 0.455. The van der Waals surface area contributed by atoms with Crippen LogP contribution in [-0.2, 0) is 0 Å². The van der Waals surface area contributed by atoms with Gasteiger partial charge < -0.3 is 0 Å².